The SMILES string of the molecule is CC(F)(F)S(=O)(=O)CS(=O)(=O)C(C)(F)F. The van der Waals surface area contributed by atoms with Crippen LogP contribution in [0.3, 0.4) is 0 Å². The third-order valence-corrected chi connectivity index (χ3v) is 6.07. The van der Waals surface area contributed by atoms with Crippen molar-refractivity contribution in [2.45, 2.75) is 24.4 Å². The van der Waals surface area contributed by atoms with Crippen LogP contribution in [0.5, 0.6) is 0 Å². The topological polar surface area (TPSA) is 68.3 Å². The highest BCUT2D eigenvalue weighted by Gasteiger charge is 2.49. The molecule has 0 saturated carbocycles. The molecule has 0 N–H and O–H groups in total. The van der Waals surface area contributed by atoms with E-state index in [2.05, 4.69) is 0 Å². The first-order chi connectivity index (χ1) is 6.21. The molecule has 0 heterocycles. The Morgan fingerprint density at radius 2 is 1.00 bits per heavy atom. The predicted molar refractivity (Wildman–Crippen MR) is 43.9 cm³/mol. The van der Waals surface area contributed by atoms with Crippen LogP contribution in [0.4, 0.5) is 17.6 Å². The van der Waals surface area contributed by atoms with Gasteiger partial charge in [-0.15, -0.1) is 0 Å². The summed E-state index contributed by atoms with van der Waals surface area (Å²) in [5.41, 5.74) is 0. The van der Waals surface area contributed by atoms with Crippen molar-refractivity contribution < 1.29 is 34.4 Å². The number of hydrogen-bond donors (Lipinski definition) is 0. The molecule has 0 aromatic heterocycles. The molecule has 0 aromatic rings. The predicted octanol–water partition coefficient (Wildman–Crippen LogP) is 0.999. The van der Waals surface area contributed by atoms with Crippen molar-refractivity contribution in [2.24, 2.45) is 0 Å². The second-order valence-electron chi connectivity index (χ2n) is 2.96. The number of hydrogen-bond acceptors (Lipinski definition) is 4. The molecule has 0 atom stereocenters. The maximum absolute atomic E-state index is 12.3. The van der Waals surface area contributed by atoms with E-state index in [4.69, 9.17) is 0 Å². The Hall–Kier alpha value is -0.380. The quantitative estimate of drug-likeness (QED) is 0.716. The molecule has 0 aliphatic rings. The van der Waals surface area contributed by atoms with Crippen LogP contribution in [0.2, 0.25) is 0 Å². The fourth-order valence-electron chi connectivity index (χ4n) is 0.411. The summed E-state index contributed by atoms with van der Waals surface area (Å²) in [5.74, 6) is 0. The maximum Gasteiger partial charge on any atom is 0.343 e. The van der Waals surface area contributed by atoms with E-state index in [9.17, 15) is 34.4 Å². The molecule has 0 unspecified atom stereocenters. The summed E-state index contributed by atoms with van der Waals surface area (Å²) in [6.45, 7) is -0.155. The van der Waals surface area contributed by atoms with Gasteiger partial charge in [-0.05, 0) is 0 Å². The van der Waals surface area contributed by atoms with E-state index in [0.717, 1.165) is 0 Å². The monoisotopic (exact) mass is 272 g/mol. The first kappa shape index (κ1) is 14.6. The molecule has 15 heavy (non-hydrogen) atoms. The minimum absolute atomic E-state index is 0.0777. The van der Waals surface area contributed by atoms with Gasteiger partial charge in [-0.3, -0.25) is 0 Å². The van der Waals surface area contributed by atoms with E-state index in [0.29, 0.717) is 0 Å². The van der Waals surface area contributed by atoms with Crippen molar-refractivity contribution in [3.63, 3.8) is 0 Å². The van der Waals surface area contributed by atoms with E-state index in [-0.39, 0.29) is 13.8 Å². The molecule has 0 rings (SSSR count). The fraction of sp³-hybridized carbons (Fsp3) is 1.00. The molecule has 0 saturated heterocycles. The van der Waals surface area contributed by atoms with Crippen molar-refractivity contribution in [3.8, 4) is 0 Å². The summed E-state index contributed by atoms with van der Waals surface area (Å²) >= 11 is 0. The zero-order valence-electron chi connectivity index (χ0n) is 7.67. The van der Waals surface area contributed by atoms with Gasteiger partial charge in [-0.2, -0.15) is 17.6 Å². The minimum atomic E-state index is -5.44. The van der Waals surface area contributed by atoms with Gasteiger partial charge in [0.1, 0.15) is 0 Å². The molecule has 0 spiro atoms. The van der Waals surface area contributed by atoms with E-state index >= 15 is 0 Å². The number of rotatable bonds is 4. The minimum Gasteiger partial charge on any atom is -0.222 e. The van der Waals surface area contributed by atoms with Crippen LogP contribution in [0.1, 0.15) is 13.8 Å². The van der Waals surface area contributed by atoms with Crippen LogP contribution in [-0.4, -0.2) is 32.4 Å². The van der Waals surface area contributed by atoms with Crippen molar-refractivity contribution >= 4 is 19.7 Å². The van der Waals surface area contributed by atoms with Crippen LogP contribution in [0.25, 0.3) is 0 Å². The zero-order chi connectivity index (χ0) is 12.7. The Morgan fingerprint density at radius 3 is 1.13 bits per heavy atom. The fourth-order valence-corrected chi connectivity index (χ4v) is 3.70. The van der Waals surface area contributed by atoms with E-state index in [1.807, 2.05) is 0 Å². The summed E-state index contributed by atoms with van der Waals surface area (Å²) < 4.78 is 91.9. The lowest BCUT2D eigenvalue weighted by Gasteiger charge is -2.15. The van der Waals surface area contributed by atoms with Gasteiger partial charge in [0.2, 0.25) is 19.7 Å². The molecule has 0 amide bonds. The molecule has 0 aliphatic carbocycles. The highest BCUT2D eigenvalue weighted by atomic mass is 32.3. The average molecular weight is 272 g/mol. The normalized spacial score (nSPS) is 15.3. The molecule has 0 fully saturated rings. The number of alkyl halides is 4. The van der Waals surface area contributed by atoms with Crippen LogP contribution in [0, 0.1) is 0 Å². The highest BCUT2D eigenvalue weighted by molar-refractivity contribution is 8.08. The molecule has 0 aliphatic heterocycles. The first-order valence-corrected chi connectivity index (χ1v) is 6.71. The molecule has 10 heteroatoms. The standard InChI is InChI=1S/C5H8F4O4S2/c1-4(6,7)14(10,11)3-15(12,13)5(2,8)9/h3H2,1-2H3. The summed E-state index contributed by atoms with van der Waals surface area (Å²) in [4.78, 5) is 0. The van der Waals surface area contributed by atoms with Gasteiger partial charge >= 0.3 is 10.5 Å². The first-order valence-electron chi connectivity index (χ1n) is 3.41. The Morgan fingerprint density at radius 1 is 0.800 bits per heavy atom. The van der Waals surface area contributed by atoms with E-state index in [1.54, 1.807) is 0 Å². The number of halogens is 4. The van der Waals surface area contributed by atoms with Crippen LogP contribution < -0.4 is 0 Å². The molecule has 4 nitrogen and oxygen atoms in total. The Kier molecular flexibility index (Phi) is 3.49. The lowest BCUT2D eigenvalue weighted by Crippen LogP contribution is -2.37. The molecular formula is C5H8F4O4S2. The molecule has 92 valence electrons. The summed E-state index contributed by atoms with van der Waals surface area (Å²) in [5, 5.41) is -11.0. The summed E-state index contributed by atoms with van der Waals surface area (Å²) in [6.07, 6.45) is 0. The molecule has 0 aromatic carbocycles. The maximum atomic E-state index is 12.3. The summed E-state index contributed by atoms with van der Waals surface area (Å²) in [7, 11) is -10.9. The van der Waals surface area contributed by atoms with Crippen molar-refractivity contribution in [1.29, 1.82) is 0 Å². The number of sulfone groups is 2. The highest BCUT2D eigenvalue weighted by Crippen LogP contribution is 2.28. The Balaban J connectivity index is 5.28. The lowest BCUT2D eigenvalue weighted by molar-refractivity contribution is 0.111. The van der Waals surface area contributed by atoms with Crippen molar-refractivity contribution in [3.05, 3.63) is 0 Å². The van der Waals surface area contributed by atoms with Gasteiger partial charge in [0.25, 0.3) is 0 Å². The Labute approximate surface area is 84.1 Å². The van der Waals surface area contributed by atoms with Gasteiger partial charge in [0.05, 0.1) is 0 Å². The summed E-state index contributed by atoms with van der Waals surface area (Å²) in [6, 6.07) is 0. The third-order valence-electron chi connectivity index (χ3n) is 1.40. The smallest absolute Gasteiger partial charge is 0.222 e. The average Bonchev–Trinajstić information content (AvgIpc) is 1.77. The van der Waals surface area contributed by atoms with Gasteiger partial charge < -0.3 is 0 Å². The molecule has 0 bridgehead atoms. The van der Waals surface area contributed by atoms with Gasteiger partial charge in [0.15, 0.2) is 5.08 Å². The van der Waals surface area contributed by atoms with Crippen molar-refractivity contribution in [2.75, 3.05) is 5.08 Å². The van der Waals surface area contributed by atoms with Gasteiger partial charge in [-0.25, -0.2) is 16.8 Å². The second kappa shape index (κ2) is 3.58. The third kappa shape index (κ3) is 3.30. The molecular weight excluding hydrogens is 264 g/mol. The second-order valence-corrected chi connectivity index (χ2v) is 7.80. The van der Waals surface area contributed by atoms with E-state index < -0.39 is 35.3 Å². The van der Waals surface area contributed by atoms with E-state index in [1.165, 1.54) is 0 Å². The molecule has 0 radical (unpaired) electrons. The zero-order valence-corrected chi connectivity index (χ0v) is 9.30. The van der Waals surface area contributed by atoms with Crippen LogP contribution >= 0.6 is 0 Å². The Bertz CT molecular complexity index is 383. The van der Waals surface area contributed by atoms with Gasteiger partial charge in [-0.1, -0.05) is 0 Å². The largest absolute Gasteiger partial charge is 0.343 e. The lowest BCUT2D eigenvalue weighted by atomic mass is 10.9. The van der Waals surface area contributed by atoms with Crippen LogP contribution in [0.15, 0.2) is 0 Å². The van der Waals surface area contributed by atoms with Crippen LogP contribution in [-0.2, 0) is 19.7 Å². The van der Waals surface area contributed by atoms with Crippen molar-refractivity contribution in [1.82, 2.24) is 0 Å². The van der Waals surface area contributed by atoms with Gasteiger partial charge in [0, 0.05) is 13.8 Å².